The van der Waals surface area contributed by atoms with Crippen molar-refractivity contribution in [2.75, 3.05) is 32.2 Å². The van der Waals surface area contributed by atoms with Crippen LogP contribution in [0, 0.1) is 5.92 Å². The third kappa shape index (κ3) is 3.99. The molecule has 0 bridgehead atoms. The minimum absolute atomic E-state index is 0.0324. The lowest BCUT2D eigenvalue weighted by atomic mass is 10.1. The molecule has 1 N–H and O–H groups in total. The summed E-state index contributed by atoms with van der Waals surface area (Å²) in [7, 11) is 1.64. The summed E-state index contributed by atoms with van der Waals surface area (Å²) < 4.78 is 16.4. The number of thiazole rings is 1. The first-order chi connectivity index (χ1) is 13.6. The lowest BCUT2D eigenvalue weighted by molar-refractivity contribution is -0.133. The fourth-order valence-corrected chi connectivity index (χ4v) is 3.54. The lowest BCUT2D eigenvalue weighted by Gasteiger charge is -2.24. The molecule has 3 heterocycles. The molecule has 1 aliphatic rings. The second kappa shape index (κ2) is 8.22. The highest BCUT2D eigenvalue weighted by molar-refractivity contribution is 7.13. The molecule has 1 aliphatic heterocycles. The fourth-order valence-electron chi connectivity index (χ4n) is 2.96. The largest absolute Gasteiger partial charge is 0.488 e. The van der Waals surface area contributed by atoms with Crippen molar-refractivity contribution >= 4 is 33.8 Å². The summed E-state index contributed by atoms with van der Waals surface area (Å²) in [5.74, 6) is 0.580. The second-order valence-electron chi connectivity index (χ2n) is 6.71. The van der Waals surface area contributed by atoms with E-state index in [4.69, 9.17) is 19.2 Å². The van der Waals surface area contributed by atoms with Crippen LogP contribution in [-0.4, -0.2) is 48.9 Å². The number of anilines is 1. The predicted molar refractivity (Wildman–Crippen MR) is 108 cm³/mol. The summed E-state index contributed by atoms with van der Waals surface area (Å²) in [5, 5.41) is 3.78. The van der Waals surface area contributed by atoms with Crippen LogP contribution in [0.3, 0.4) is 0 Å². The van der Waals surface area contributed by atoms with Gasteiger partial charge in [0, 0.05) is 30.4 Å². The van der Waals surface area contributed by atoms with E-state index >= 15 is 0 Å². The van der Waals surface area contributed by atoms with E-state index in [-0.39, 0.29) is 17.9 Å². The monoisotopic (exact) mass is 399 g/mol. The Bertz CT molecular complexity index is 973. The van der Waals surface area contributed by atoms with E-state index in [1.54, 1.807) is 18.8 Å². The number of hydrogen-bond acceptors (Lipinski definition) is 7. The number of carbonyl (C=O) groups excluding carboxylic acids is 1. The normalized spacial score (nSPS) is 15.2. The molecular weight excluding hydrogens is 378 g/mol. The van der Waals surface area contributed by atoms with Crippen molar-refractivity contribution in [3.05, 3.63) is 36.0 Å². The van der Waals surface area contributed by atoms with Crippen LogP contribution in [0.1, 0.15) is 6.92 Å². The van der Waals surface area contributed by atoms with Crippen LogP contribution in [0.5, 0.6) is 5.75 Å². The van der Waals surface area contributed by atoms with Gasteiger partial charge in [0.2, 0.25) is 5.91 Å². The van der Waals surface area contributed by atoms with Crippen LogP contribution >= 0.6 is 11.3 Å². The molecule has 7 nitrogen and oxygen atoms in total. The Morgan fingerprint density at radius 2 is 2.25 bits per heavy atom. The number of methoxy groups -OCH3 is 1. The number of fused-ring (bicyclic) bond motifs is 1. The lowest BCUT2D eigenvalue weighted by Crippen LogP contribution is -2.38. The minimum Gasteiger partial charge on any atom is -0.488 e. The Labute approximate surface area is 166 Å². The molecule has 1 atom stereocenters. The molecule has 0 radical (unpaired) electrons. The molecular formula is C20H21N3O4S. The average Bonchev–Trinajstić information content (AvgIpc) is 3.15. The van der Waals surface area contributed by atoms with E-state index < -0.39 is 0 Å². The summed E-state index contributed by atoms with van der Waals surface area (Å²) in [6.45, 7) is 3.37. The third-order valence-corrected chi connectivity index (χ3v) is 5.26. The number of hydrogen-bond donors (Lipinski definition) is 1. The number of pyridine rings is 1. The summed E-state index contributed by atoms with van der Waals surface area (Å²) in [6.07, 6.45) is 1.66. The maximum absolute atomic E-state index is 12.2. The quantitative estimate of drug-likeness (QED) is 0.656. The van der Waals surface area contributed by atoms with Crippen LogP contribution in [-0.2, 0) is 14.3 Å². The molecule has 4 rings (SSSR count). The Morgan fingerprint density at radius 1 is 1.39 bits per heavy atom. The molecule has 2 aromatic heterocycles. The van der Waals surface area contributed by atoms with E-state index in [2.05, 4.69) is 10.3 Å². The standard InChI is InChI=1S/C20H21N3O4S/c1-12(8-25-2)27-18-6-17(19-7-21-11-28-19)23-16-4-3-14(5-15(16)18)22-20(24)13-9-26-10-13/h3-7,11-13H,8-10H2,1-2H3,(H,22,24). The maximum atomic E-state index is 12.2. The molecule has 0 spiro atoms. The van der Waals surface area contributed by atoms with Crippen molar-refractivity contribution in [3.8, 4) is 16.3 Å². The van der Waals surface area contributed by atoms with Gasteiger partial charge in [-0.2, -0.15) is 0 Å². The molecule has 1 fully saturated rings. The van der Waals surface area contributed by atoms with Gasteiger partial charge in [-0.1, -0.05) is 0 Å². The van der Waals surface area contributed by atoms with Crippen molar-refractivity contribution in [3.63, 3.8) is 0 Å². The van der Waals surface area contributed by atoms with Gasteiger partial charge in [0.05, 0.1) is 47.3 Å². The SMILES string of the molecule is COCC(C)Oc1cc(-c2cncs2)nc2ccc(NC(=O)C3COC3)cc12. The van der Waals surface area contributed by atoms with Crippen LogP contribution in [0.2, 0.25) is 0 Å². The van der Waals surface area contributed by atoms with Crippen LogP contribution in [0.15, 0.2) is 36.0 Å². The number of carbonyl (C=O) groups is 1. The number of amides is 1. The summed E-state index contributed by atoms with van der Waals surface area (Å²) in [5.41, 5.74) is 4.08. The zero-order chi connectivity index (χ0) is 19.5. The van der Waals surface area contributed by atoms with Crippen LogP contribution < -0.4 is 10.1 Å². The summed E-state index contributed by atoms with van der Waals surface area (Å²) >= 11 is 1.52. The highest BCUT2D eigenvalue weighted by atomic mass is 32.1. The van der Waals surface area contributed by atoms with Gasteiger partial charge in [-0.25, -0.2) is 4.98 Å². The first-order valence-corrected chi connectivity index (χ1v) is 9.90. The molecule has 1 saturated heterocycles. The van der Waals surface area contributed by atoms with Gasteiger partial charge in [-0.3, -0.25) is 9.78 Å². The van der Waals surface area contributed by atoms with Crippen molar-refractivity contribution in [2.45, 2.75) is 13.0 Å². The Kier molecular flexibility index (Phi) is 5.52. The van der Waals surface area contributed by atoms with Gasteiger partial charge in [0.15, 0.2) is 0 Å². The average molecular weight is 399 g/mol. The molecule has 146 valence electrons. The number of benzene rings is 1. The highest BCUT2D eigenvalue weighted by Gasteiger charge is 2.26. The molecule has 3 aromatic rings. The first kappa shape index (κ1) is 18.8. The molecule has 8 heteroatoms. The second-order valence-corrected chi connectivity index (χ2v) is 7.60. The van der Waals surface area contributed by atoms with Gasteiger partial charge in [0.1, 0.15) is 11.9 Å². The smallest absolute Gasteiger partial charge is 0.232 e. The Morgan fingerprint density at radius 3 is 2.93 bits per heavy atom. The zero-order valence-electron chi connectivity index (χ0n) is 15.7. The van der Waals surface area contributed by atoms with E-state index in [0.717, 1.165) is 21.5 Å². The van der Waals surface area contributed by atoms with E-state index in [1.165, 1.54) is 11.3 Å². The molecule has 0 aliphatic carbocycles. The topological polar surface area (TPSA) is 82.6 Å². The first-order valence-electron chi connectivity index (χ1n) is 9.02. The van der Waals surface area contributed by atoms with Gasteiger partial charge < -0.3 is 19.5 Å². The highest BCUT2D eigenvalue weighted by Crippen LogP contribution is 2.33. The summed E-state index contributed by atoms with van der Waals surface area (Å²) in [6, 6.07) is 7.55. The fraction of sp³-hybridized carbons (Fsp3) is 0.350. The third-order valence-electron chi connectivity index (χ3n) is 4.46. The number of ether oxygens (including phenoxy) is 3. The van der Waals surface area contributed by atoms with E-state index in [0.29, 0.717) is 31.3 Å². The van der Waals surface area contributed by atoms with Crippen LogP contribution in [0.25, 0.3) is 21.5 Å². The summed E-state index contributed by atoms with van der Waals surface area (Å²) in [4.78, 5) is 22.1. The van der Waals surface area contributed by atoms with Gasteiger partial charge in [-0.15, -0.1) is 11.3 Å². The van der Waals surface area contributed by atoms with Crippen molar-refractivity contribution in [1.82, 2.24) is 9.97 Å². The number of aromatic nitrogens is 2. The van der Waals surface area contributed by atoms with Gasteiger partial charge in [0.25, 0.3) is 0 Å². The van der Waals surface area contributed by atoms with Crippen molar-refractivity contribution < 1.29 is 19.0 Å². The minimum atomic E-state index is -0.129. The molecule has 0 saturated carbocycles. The number of nitrogens with one attached hydrogen (secondary N) is 1. The Balaban J connectivity index is 1.70. The van der Waals surface area contributed by atoms with Crippen LogP contribution in [0.4, 0.5) is 5.69 Å². The maximum Gasteiger partial charge on any atom is 0.232 e. The predicted octanol–water partition coefficient (Wildman–Crippen LogP) is 3.36. The van der Waals surface area contributed by atoms with Crippen molar-refractivity contribution in [2.24, 2.45) is 5.92 Å². The molecule has 1 amide bonds. The Hall–Kier alpha value is -2.55. The van der Waals surface area contributed by atoms with Crippen molar-refractivity contribution in [1.29, 1.82) is 0 Å². The molecule has 1 unspecified atom stereocenters. The molecule has 28 heavy (non-hydrogen) atoms. The number of nitrogens with zero attached hydrogens (tertiary/aromatic N) is 2. The van der Waals surface area contributed by atoms with Gasteiger partial charge in [-0.05, 0) is 25.1 Å². The number of rotatable bonds is 7. The molecule has 1 aromatic carbocycles. The van der Waals surface area contributed by atoms with E-state index in [9.17, 15) is 4.79 Å². The van der Waals surface area contributed by atoms with E-state index in [1.807, 2.05) is 31.2 Å². The van der Waals surface area contributed by atoms with Gasteiger partial charge >= 0.3 is 0 Å². The zero-order valence-corrected chi connectivity index (χ0v) is 16.5.